The summed E-state index contributed by atoms with van der Waals surface area (Å²) >= 11 is 5.86. The van der Waals surface area contributed by atoms with Crippen molar-refractivity contribution in [2.75, 3.05) is 6.54 Å². The van der Waals surface area contributed by atoms with E-state index in [1.165, 1.54) is 33.5 Å². The summed E-state index contributed by atoms with van der Waals surface area (Å²) in [7, 11) is 0. The van der Waals surface area contributed by atoms with Crippen molar-refractivity contribution in [1.82, 2.24) is 19.2 Å². The van der Waals surface area contributed by atoms with E-state index in [4.69, 9.17) is 11.6 Å². The molecule has 4 rings (SSSR count). The molecule has 0 unspecified atom stereocenters. The number of benzene rings is 2. The minimum atomic E-state index is -0.384. The van der Waals surface area contributed by atoms with Crippen LogP contribution in [-0.4, -0.2) is 31.7 Å². The van der Waals surface area contributed by atoms with Gasteiger partial charge in [0.1, 0.15) is 5.82 Å². The highest BCUT2D eigenvalue weighted by Gasteiger charge is 2.26. The largest absolute Gasteiger partial charge is 0.350 e. The lowest BCUT2D eigenvalue weighted by Crippen LogP contribution is -2.40. The summed E-state index contributed by atoms with van der Waals surface area (Å²) < 4.78 is 15.9. The number of nitrogens with zero attached hydrogens (tertiary/aromatic N) is 4. The SMILES string of the molecule is O=C(c1ccc(Cl)cc1)N1CCn2c(nn(-c3ccc(F)cc3)c2=O)C1. The van der Waals surface area contributed by atoms with E-state index in [0.29, 0.717) is 35.2 Å². The van der Waals surface area contributed by atoms with E-state index in [1.807, 2.05) is 0 Å². The van der Waals surface area contributed by atoms with Crippen LogP contribution in [0.3, 0.4) is 0 Å². The number of amides is 1. The van der Waals surface area contributed by atoms with Crippen LogP contribution in [0.5, 0.6) is 0 Å². The normalized spacial score (nSPS) is 13.5. The molecule has 6 nitrogen and oxygen atoms in total. The molecule has 0 saturated heterocycles. The van der Waals surface area contributed by atoms with Crippen LogP contribution in [0.25, 0.3) is 5.69 Å². The number of carbonyl (C=O) groups excluding carboxylic acids is 1. The molecule has 1 aliphatic heterocycles. The number of hydrogen-bond donors (Lipinski definition) is 0. The van der Waals surface area contributed by atoms with Gasteiger partial charge in [0.25, 0.3) is 5.91 Å². The molecule has 2 aromatic carbocycles. The minimum absolute atomic E-state index is 0.142. The first-order valence-corrected chi connectivity index (χ1v) is 8.40. The van der Waals surface area contributed by atoms with Crippen molar-refractivity contribution in [3.05, 3.63) is 81.2 Å². The van der Waals surface area contributed by atoms with Crippen LogP contribution >= 0.6 is 11.6 Å². The van der Waals surface area contributed by atoms with Crippen LogP contribution in [-0.2, 0) is 13.1 Å². The summed E-state index contributed by atoms with van der Waals surface area (Å²) in [6.07, 6.45) is 0. The highest BCUT2D eigenvalue weighted by molar-refractivity contribution is 6.30. The van der Waals surface area contributed by atoms with Crippen LogP contribution in [0.4, 0.5) is 4.39 Å². The molecule has 26 heavy (non-hydrogen) atoms. The number of rotatable bonds is 2. The van der Waals surface area contributed by atoms with E-state index in [1.54, 1.807) is 29.2 Å². The molecule has 1 aromatic heterocycles. The minimum Gasteiger partial charge on any atom is -0.329 e. The molecule has 0 saturated carbocycles. The molecule has 132 valence electrons. The Morgan fingerprint density at radius 2 is 1.73 bits per heavy atom. The fraction of sp³-hybridized carbons (Fsp3) is 0.167. The molecule has 1 amide bonds. The maximum atomic E-state index is 13.1. The Labute approximate surface area is 153 Å². The second-order valence-electron chi connectivity index (χ2n) is 5.97. The van der Waals surface area contributed by atoms with E-state index < -0.39 is 0 Å². The Balaban J connectivity index is 1.62. The standard InChI is InChI=1S/C18H14ClFN4O2/c19-13-3-1-12(2-4-13)17(25)22-9-10-23-16(11-22)21-24(18(23)26)15-7-5-14(20)6-8-15/h1-8H,9-11H2. The molecular weight excluding hydrogens is 359 g/mol. The maximum absolute atomic E-state index is 13.1. The second kappa shape index (κ2) is 6.42. The number of fused-ring (bicyclic) bond motifs is 1. The molecule has 0 fully saturated rings. The van der Waals surface area contributed by atoms with E-state index in [2.05, 4.69) is 5.10 Å². The van der Waals surface area contributed by atoms with Crippen molar-refractivity contribution < 1.29 is 9.18 Å². The quantitative estimate of drug-likeness (QED) is 0.694. The maximum Gasteiger partial charge on any atom is 0.350 e. The van der Waals surface area contributed by atoms with Gasteiger partial charge in [0.05, 0.1) is 12.2 Å². The molecule has 2 heterocycles. The third kappa shape index (κ3) is 2.90. The summed E-state index contributed by atoms with van der Waals surface area (Å²) in [5, 5.41) is 4.88. The van der Waals surface area contributed by atoms with Gasteiger partial charge >= 0.3 is 5.69 Å². The molecule has 0 radical (unpaired) electrons. The fourth-order valence-electron chi connectivity index (χ4n) is 2.95. The Bertz CT molecular complexity index is 1020. The summed E-state index contributed by atoms with van der Waals surface area (Å²) in [6.45, 7) is 0.989. The zero-order chi connectivity index (χ0) is 18.3. The van der Waals surface area contributed by atoms with E-state index in [-0.39, 0.29) is 24.0 Å². The highest BCUT2D eigenvalue weighted by atomic mass is 35.5. The molecule has 0 atom stereocenters. The topological polar surface area (TPSA) is 60.1 Å². The van der Waals surface area contributed by atoms with Crippen LogP contribution in [0.15, 0.2) is 53.3 Å². The summed E-state index contributed by atoms with van der Waals surface area (Å²) in [5.41, 5.74) is 0.710. The van der Waals surface area contributed by atoms with Gasteiger partial charge in [0, 0.05) is 23.7 Å². The van der Waals surface area contributed by atoms with Crippen LogP contribution in [0.2, 0.25) is 5.02 Å². The number of aromatic nitrogens is 3. The molecule has 0 aliphatic carbocycles. The number of hydrogen-bond acceptors (Lipinski definition) is 3. The lowest BCUT2D eigenvalue weighted by atomic mass is 10.2. The Kier molecular flexibility index (Phi) is 4.08. The highest BCUT2D eigenvalue weighted by Crippen LogP contribution is 2.16. The number of carbonyl (C=O) groups is 1. The van der Waals surface area contributed by atoms with Gasteiger partial charge in [0.15, 0.2) is 5.82 Å². The Morgan fingerprint density at radius 1 is 1.04 bits per heavy atom. The van der Waals surface area contributed by atoms with Crippen molar-refractivity contribution in [2.45, 2.75) is 13.1 Å². The first kappa shape index (κ1) is 16.5. The van der Waals surface area contributed by atoms with Gasteiger partial charge in [-0.1, -0.05) is 11.6 Å². The molecular formula is C18H14ClFN4O2. The lowest BCUT2D eigenvalue weighted by molar-refractivity contribution is 0.0706. The average molecular weight is 373 g/mol. The third-order valence-electron chi connectivity index (χ3n) is 4.31. The van der Waals surface area contributed by atoms with Gasteiger partial charge in [0.2, 0.25) is 0 Å². The zero-order valence-electron chi connectivity index (χ0n) is 13.6. The molecule has 0 spiro atoms. The molecule has 1 aliphatic rings. The van der Waals surface area contributed by atoms with Crippen molar-refractivity contribution in [3.63, 3.8) is 0 Å². The smallest absolute Gasteiger partial charge is 0.329 e. The third-order valence-corrected chi connectivity index (χ3v) is 4.57. The monoisotopic (exact) mass is 372 g/mol. The van der Waals surface area contributed by atoms with E-state index in [9.17, 15) is 14.0 Å². The Morgan fingerprint density at radius 3 is 2.42 bits per heavy atom. The van der Waals surface area contributed by atoms with E-state index >= 15 is 0 Å². The van der Waals surface area contributed by atoms with Crippen molar-refractivity contribution in [1.29, 1.82) is 0 Å². The summed E-state index contributed by atoms with van der Waals surface area (Å²) in [4.78, 5) is 26.8. The fourth-order valence-corrected chi connectivity index (χ4v) is 3.07. The first-order chi connectivity index (χ1) is 12.5. The molecule has 3 aromatic rings. The van der Waals surface area contributed by atoms with Gasteiger partial charge in [-0.25, -0.2) is 9.18 Å². The molecule has 0 bridgehead atoms. The van der Waals surface area contributed by atoms with Crippen LogP contribution in [0.1, 0.15) is 16.2 Å². The first-order valence-electron chi connectivity index (χ1n) is 8.02. The predicted octanol–water partition coefficient (Wildman–Crippen LogP) is 2.48. The summed E-state index contributed by atoms with van der Waals surface area (Å²) in [5.74, 6) is -0.0323. The Hall–Kier alpha value is -2.93. The van der Waals surface area contributed by atoms with Crippen LogP contribution < -0.4 is 5.69 Å². The van der Waals surface area contributed by atoms with Gasteiger partial charge in [-0.3, -0.25) is 9.36 Å². The predicted molar refractivity (Wildman–Crippen MR) is 94.0 cm³/mol. The van der Waals surface area contributed by atoms with Gasteiger partial charge in [-0.2, -0.15) is 4.68 Å². The second-order valence-corrected chi connectivity index (χ2v) is 6.41. The van der Waals surface area contributed by atoms with Crippen LogP contribution in [0, 0.1) is 5.82 Å². The van der Waals surface area contributed by atoms with Gasteiger partial charge in [-0.15, -0.1) is 5.10 Å². The van der Waals surface area contributed by atoms with Crippen molar-refractivity contribution >= 4 is 17.5 Å². The van der Waals surface area contributed by atoms with Crippen molar-refractivity contribution in [2.24, 2.45) is 0 Å². The van der Waals surface area contributed by atoms with Gasteiger partial charge in [-0.05, 0) is 48.5 Å². The van der Waals surface area contributed by atoms with Gasteiger partial charge < -0.3 is 4.90 Å². The number of halogens is 2. The average Bonchev–Trinajstić information content (AvgIpc) is 2.98. The zero-order valence-corrected chi connectivity index (χ0v) is 14.4. The molecule has 8 heteroatoms. The molecule has 0 N–H and O–H groups in total. The summed E-state index contributed by atoms with van der Waals surface area (Å²) in [6, 6.07) is 12.2. The van der Waals surface area contributed by atoms with E-state index in [0.717, 1.165) is 0 Å². The lowest BCUT2D eigenvalue weighted by Gasteiger charge is -2.26. The van der Waals surface area contributed by atoms with Crippen molar-refractivity contribution in [3.8, 4) is 5.69 Å².